The first-order chi connectivity index (χ1) is 5.67. The lowest BCUT2D eigenvalue weighted by atomic mass is 9.89. The molecule has 2 heteroatoms. The monoisotopic (exact) mass is 181 g/mol. The molecule has 0 fully saturated rings. The Hall–Kier alpha value is -0.970. The summed E-state index contributed by atoms with van der Waals surface area (Å²) < 4.78 is 0. The van der Waals surface area contributed by atoms with Crippen LogP contribution in [0.4, 0.5) is 0 Å². The van der Waals surface area contributed by atoms with Gasteiger partial charge in [-0.05, 0) is 26.7 Å². The Kier molecular flexibility index (Phi) is 3.54. The fourth-order valence-corrected chi connectivity index (χ4v) is 0.609. The first-order valence-electron chi connectivity index (χ1n) is 4.42. The molecule has 0 aliphatic heterocycles. The lowest BCUT2D eigenvalue weighted by Gasteiger charge is -2.15. The Balaban J connectivity index is 4.76. The summed E-state index contributed by atoms with van der Waals surface area (Å²) in [7, 11) is 0. The van der Waals surface area contributed by atoms with E-state index in [0.29, 0.717) is 5.71 Å². The Labute approximate surface area is 81.0 Å². The van der Waals surface area contributed by atoms with Crippen molar-refractivity contribution in [2.45, 2.75) is 41.5 Å². The number of rotatable bonds is 0. The Morgan fingerprint density at radius 1 is 1.08 bits per heavy atom. The topological polar surface area (TPSA) is 32.6 Å². The van der Waals surface area contributed by atoms with Gasteiger partial charge in [-0.15, -0.1) is 0 Å². The standard InChI is InChI=1S/C11H19NO/c1-10(2,3)8-7-9(12-13)11(4,5)6/h13H,1-6H3/b12-9-. The van der Waals surface area contributed by atoms with Crippen LogP contribution in [-0.4, -0.2) is 10.9 Å². The normalized spacial score (nSPS) is 13.5. The summed E-state index contributed by atoms with van der Waals surface area (Å²) in [4.78, 5) is 0. The highest BCUT2D eigenvalue weighted by atomic mass is 16.4. The zero-order valence-corrected chi connectivity index (χ0v) is 9.39. The van der Waals surface area contributed by atoms with E-state index < -0.39 is 0 Å². The van der Waals surface area contributed by atoms with Gasteiger partial charge in [-0.25, -0.2) is 0 Å². The average Bonchev–Trinajstić information content (AvgIpc) is 1.82. The van der Waals surface area contributed by atoms with E-state index in [1.165, 1.54) is 0 Å². The predicted octanol–water partition coefficient (Wildman–Crippen LogP) is 2.91. The van der Waals surface area contributed by atoms with Gasteiger partial charge in [0, 0.05) is 10.8 Å². The molecule has 0 aromatic carbocycles. The quantitative estimate of drug-likeness (QED) is 0.265. The first-order valence-corrected chi connectivity index (χ1v) is 4.42. The fraction of sp³-hybridized carbons (Fsp3) is 0.727. The summed E-state index contributed by atoms with van der Waals surface area (Å²) in [6, 6.07) is 0. The number of hydrogen-bond acceptors (Lipinski definition) is 2. The van der Waals surface area contributed by atoms with Gasteiger partial charge in [-0.3, -0.25) is 0 Å². The summed E-state index contributed by atoms with van der Waals surface area (Å²) in [5.74, 6) is 5.94. The van der Waals surface area contributed by atoms with Gasteiger partial charge in [-0.2, -0.15) is 0 Å². The second-order valence-corrected chi connectivity index (χ2v) is 5.20. The van der Waals surface area contributed by atoms with E-state index in [4.69, 9.17) is 5.21 Å². The summed E-state index contributed by atoms with van der Waals surface area (Å²) in [5, 5.41) is 11.9. The Morgan fingerprint density at radius 3 is 1.77 bits per heavy atom. The van der Waals surface area contributed by atoms with Gasteiger partial charge in [0.05, 0.1) is 0 Å². The maximum atomic E-state index is 8.74. The van der Waals surface area contributed by atoms with Crippen molar-refractivity contribution >= 4 is 5.71 Å². The molecule has 0 saturated carbocycles. The van der Waals surface area contributed by atoms with Crippen molar-refractivity contribution in [3.63, 3.8) is 0 Å². The molecule has 0 saturated heterocycles. The molecule has 0 radical (unpaired) electrons. The highest BCUT2D eigenvalue weighted by molar-refractivity contribution is 6.03. The first kappa shape index (κ1) is 12.0. The zero-order valence-electron chi connectivity index (χ0n) is 9.39. The molecule has 0 bridgehead atoms. The van der Waals surface area contributed by atoms with Gasteiger partial charge in [0.25, 0.3) is 0 Å². The molecule has 0 spiro atoms. The summed E-state index contributed by atoms with van der Waals surface area (Å²) in [5.41, 5.74) is 0.288. The summed E-state index contributed by atoms with van der Waals surface area (Å²) in [6.07, 6.45) is 0. The maximum Gasteiger partial charge on any atom is 0.134 e. The van der Waals surface area contributed by atoms with E-state index in [2.05, 4.69) is 17.0 Å². The van der Waals surface area contributed by atoms with Gasteiger partial charge in [0.2, 0.25) is 0 Å². The van der Waals surface area contributed by atoms with Crippen LogP contribution >= 0.6 is 0 Å². The van der Waals surface area contributed by atoms with Crippen molar-refractivity contribution in [2.75, 3.05) is 0 Å². The third-order valence-electron chi connectivity index (χ3n) is 1.37. The molecule has 2 nitrogen and oxygen atoms in total. The van der Waals surface area contributed by atoms with E-state index in [9.17, 15) is 0 Å². The molecule has 13 heavy (non-hydrogen) atoms. The zero-order chi connectivity index (χ0) is 10.7. The van der Waals surface area contributed by atoms with Crippen LogP contribution in [0, 0.1) is 22.7 Å². The number of oxime groups is 1. The van der Waals surface area contributed by atoms with Crippen LogP contribution in [0.5, 0.6) is 0 Å². The highest BCUT2D eigenvalue weighted by Crippen LogP contribution is 2.16. The van der Waals surface area contributed by atoms with Crippen LogP contribution in [0.2, 0.25) is 0 Å². The lowest BCUT2D eigenvalue weighted by Crippen LogP contribution is -2.19. The smallest absolute Gasteiger partial charge is 0.134 e. The lowest BCUT2D eigenvalue weighted by molar-refractivity contribution is 0.312. The highest BCUT2D eigenvalue weighted by Gasteiger charge is 2.18. The second kappa shape index (κ2) is 3.83. The van der Waals surface area contributed by atoms with Crippen molar-refractivity contribution in [2.24, 2.45) is 16.0 Å². The second-order valence-electron chi connectivity index (χ2n) is 5.20. The van der Waals surface area contributed by atoms with Crippen molar-refractivity contribution in [1.82, 2.24) is 0 Å². The fourth-order valence-electron chi connectivity index (χ4n) is 0.609. The Morgan fingerprint density at radius 2 is 1.54 bits per heavy atom. The molecule has 0 atom stereocenters. The van der Waals surface area contributed by atoms with Crippen LogP contribution in [0.3, 0.4) is 0 Å². The third kappa shape index (κ3) is 5.30. The SMILES string of the molecule is CC(C)(C)C#C/C(=N/O)C(C)(C)C. The molecule has 74 valence electrons. The van der Waals surface area contributed by atoms with Crippen molar-refractivity contribution in [3.05, 3.63) is 0 Å². The van der Waals surface area contributed by atoms with Crippen molar-refractivity contribution < 1.29 is 5.21 Å². The predicted molar refractivity (Wildman–Crippen MR) is 55.9 cm³/mol. The minimum Gasteiger partial charge on any atom is -0.410 e. The van der Waals surface area contributed by atoms with Crippen molar-refractivity contribution in [3.8, 4) is 11.8 Å². The van der Waals surface area contributed by atoms with E-state index in [0.717, 1.165) is 0 Å². The van der Waals surface area contributed by atoms with Gasteiger partial charge >= 0.3 is 0 Å². The molecule has 1 N–H and O–H groups in total. The maximum absolute atomic E-state index is 8.74. The van der Waals surface area contributed by atoms with E-state index in [-0.39, 0.29) is 10.8 Å². The van der Waals surface area contributed by atoms with Gasteiger partial charge in [-0.1, -0.05) is 31.8 Å². The largest absolute Gasteiger partial charge is 0.410 e. The van der Waals surface area contributed by atoms with Crippen LogP contribution in [0.15, 0.2) is 5.16 Å². The Bertz CT molecular complexity index is 253. The van der Waals surface area contributed by atoms with E-state index in [1.807, 2.05) is 41.5 Å². The molecule has 0 unspecified atom stereocenters. The average molecular weight is 181 g/mol. The molecule has 0 aromatic heterocycles. The molecule has 0 amide bonds. The minimum atomic E-state index is -0.188. The minimum absolute atomic E-state index is 0.0544. The van der Waals surface area contributed by atoms with Crippen molar-refractivity contribution in [1.29, 1.82) is 0 Å². The van der Waals surface area contributed by atoms with Gasteiger partial charge in [0.1, 0.15) is 5.71 Å². The molecule has 0 aromatic rings. The molecular weight excluding hydrogens is 162 g/mol. The molecular formula is C11H19NO. The van der Waals surface area contributed by atoms with E-state index >= 15 is 0 Å². The van der Waals surface area contributed by atoms with Crippen LogP contribution in [-0.2, 0) is 0 Å². The van der Waals surface area contributed by atoms with Crippen LogP contribution in [0.25, 0.3) is 0 Å². The van der Waals surface area contributed by atoms with Gasteiger partial charge < -0.3 is 5.21 Å². The third-order valence-corrected chi connectivity index (χ3v) is 1.37. The number of hydrogen-bond donors (Lipinski definition) is 1. The van der Waals surface area contributed by atoms with Crippen LogP contribution in [0.1, 0.15) is 41.5 Å². The number of nitrogens with zero attached hydrogens (tertiary/aromatic N) is 1. The van der Waals surface area contributed by atoms with Crippen LogP contribution < -0.4 is 0 Å². The molecule has 0 heterocycles. The van der Waals surface area contributed by atoms with Gasteiger partial charge in [0.15, 0.2) is 0 Å². The molecule has 0 aliphatic carbocycles. The summed E-state index contributed by atoms with van der Waals surface area (Å²) >= 11 is 0. The van der Waals surface area contributed by atoms with E-state index in [1.54, 1.807) is 0 Å². The molecule has 0 aliphatic rings. The summed E-state index contributed by atoms with van der Waals surface area (Å²) in [6.45, 7) is 12.0. The molecule has 0 rings (SSSR count).